The van der Waals surface area contributed by atoms with Crippen LogP contribution in [0.1, 0.15) is 202 Å². The van der Waals surface area contributed by atoms with E-state index in [-0.39, 0.29) is 44.6 Å². The number of fused-ring (bicyclic) bond motifs is 6. The van der Waals surface area contributed by atoms with E-state index in [4.69, 9.17) is 9.97 Å². The minimum Gasteiger partial charge on any atom is -0.311 e. The third-order valence-electron chi connectivity index (χ3n) is 20.5. The van der Waals surface area contributed by atoms with Gasteiger partial charge in [0.15, 0.2) is 0 Å². The van der Waals surface area contributed by atoms with E-state index in [1.165, 1.54) is 143 Å². The second kappa shape index (κ2) is 19.0. The minimum absolute atomic E-state index is 0.0642. The molecule has 2 aromatic heterocycles. The monoisotopic (exact) mass is 1160 g/mol. The average molecular weight is 1160 g/mol. The molecule has 9 aromatic rings. The van der Waals surface area contributed by atoms with Crippen molar-refractivity contribution in [3.05, 3.63) is 160 Å². The Morgan fingerprint density at radius 2 is 0.718 bits per heavy atom. The summed E-state index contributed by atoms with van der Waals surface area (Å²) in [5, 5.41) is 2.12. The molecule has 0 N–H and O–H groups in total. The van der Waals surface area contributed by atoms with E-state index in [0.29, 0.717) is 0 Å². The van der Waals surface area contributed by atoms with E-state index in [2.05, 4.69) is 256 Å². The highest BCUT2D eigenvalue weighted by Gasteiger charge is 2.53. The van der Waals surface area contributed by atoms with Gasteiger partial charge in [-0.2, -0.15) is 0 Å². The first kappa shape index (κ1) is 56.8. The van der Waals surface area contributed by atoms with Crippen molar-refractivity contribution in [3.63, 3.8) is 0 Å². The Balaban J connectivity index is 1.11. The number of hydrogen-bond donors (Lipinski definition) is 0. The van der Waals surface area contributed by atoms with Crippen LogP contribution in [0.25, 0.3) is 41.6 Å². The van der Waals surface area contributed by atoms with Gasteiger partial charge in [-0.3, -0.25) is 0 Å². The molecule has 0 radical (unpaired) electrons. The predicted octanol–water partition coefficient (Wildman–Crippen LogP) is 20.6. The number of anilines is 6. The summed E-state index contributed by atoms with van der Waals surface area (Å²) in [5.41, 5.74) is 25.7. The van der Waals surface area contributed by atoms with Crippen LogP contribution in [0, 0.1) is 17.8 Å². The van der Waals surface area contributed by atoms with Crippen LogP contribution in [-0.4, -0.2) is 16.7 Å². The molecule has 4 nitrogen and oxygen atoms in total. The van der Waals surface area contributed by atoms with Crippen molar-refractivity contribution in [2.75, 3.05) is 9.80 Å². The molecule has 0 spiro atoms. The Morgan fingerprint density at radius 3 is 1.04 bits per heavy atom. The topological polar surface area (TPSA) is 32.3 Å². The molecule has 4 fully saturated rings. The van der Waals surface area contributed by atoms with Crippen molar-refractivity contribution in [2.45, 2.75) is 201 Å². The lowest BCUT2D eigenvalue weighted by atomic mass is 9.33. The molecular weight excluding hydrogens is 1070 g/mol. The summed E-state index contributed by atoms with van der Waals surface area (Å²) in [4.78, 5) is 16.8. The number of benzene rings is 7. The van der Waals surface area contributed by atoms with E-state index in [0.717, 1.165) is 38.8 Å². The van der Waals surface area contributed by atoms with Crippen molar-refractivity contribution in [2.24, 2.45) is 17.8 Å². The first-order valence-electron chi connectivity index (χ1n) is 32.0. The first-order valence-corrected chi connectivity index (χ1v) is 33.6. The Hall–Kier alpha value is -6.02. The zero-order valence-electron chi connectivity index (χ0n) is 54.2. The van der Waals surface area contributed by atoms with Crippen molar-refractivity contribution in [1.29, 1.82) is 0 Å². The summed E-state index contributed by atoms with van der Waals surface area (Å²) in [6.45, 7) is 42.4. The van der Waals surface area contributed by atoms with Crippen LogP contribution in [0.15, 0.2) is 121 Å². The molecule has 15 rings (SSSR count). The molecule has 0 saturated heterocycles. The number of aromatic nitrogens is 2. The smallest absolute Gasteiger partial charge is 0.252 e. The molecule has 85 heavy (non-hydrogen) atoms. The molecule has 0 atom stereocenters. The van der Waals surface area contributed by atoms with Crippen LogP contribution in [0.4, 0.5) is 34.1 Å². The highest BCUT2D eigenvalue weighted by Crippen LogP contribution is 2.62. The molecule has 4 bridgehead atoms. The van der Waals surface area contributed by atoms with Gasteiger partial charge in [0.1, 0.15) is 10.0 Å². The molecular formula is C78H89BN4S2. The maximum atomic E-state index is 5.63. The lowest BCUT2D eigenvalue weighted by Crippen LogP contribution is -2.61. The molecule has 6 aliphatic rings. The maximum Gasteiger partial charge on any atom is 0.252 e. The van der Waals surface area contributed by atoms with Crippen molar-refractivity contribution < 1.29 is 0 Å². The number of hydrogen-bond acceptors (Lipinski definition) is 6. The second-order valence-electron chi connectivity index (χ2n) is 33.2. The molecule has 2 aliphatic heterocycles. The molecule has 4 heterocycles. The van der Waals surface area contributed by atoms with Crippen LogP contribution in [0.3, 0.4) is 0 Å². The molecule has 7 aromatic carbocycles. The van der Waals surface area contributed by atoms with Crippen molar-refractivity contribution in [3.8, 4) is 21.1 Å². The Morgan fingerprint density at radius 1 is 0.388 bits per heavy atom. The van der Waals surface area contributed by atoms with E-state index < -0.39 is 0 Å². The van der Waals surface area contributed by atoms with E-state index in [9.17, 15) is 0 Å². The van der Waals surface area contributed by atoms with Gasteiger partial charge in [-0.1, -0.05) is 185 Å². The fraction of sp³-hybridized carbons (Fsp3) is 0.436. The quantitative estimate of drug-likeness (QED) is 0.161. The highest BCUT2D eigenvalue weighted by atomic mass is 32.1. The summed E-state index contributed by atoms with van der Waals surface area (Å²) in [6, 6.07) is 49.2. The van der Waals surface area contributed by atoms with Crippen molar-refractivity contribution in [1.82, 2.24) is 9.97 Å². The first-order chi connectivity index (χ1) is 39.8. The summed E-state index contributed by atoms with van der Waals surface area (Å²) < 4.78 is 2.43. The molecule has 436 valence electrons. The molecule has 7 heteroatoms. The van der Waals surface area contributed by atoms with Gasteiger partial charge in [0, 0.05) is 45.3 Å². The number of rotatable bonds is 5. The number of nitrogens with zero attached hydrogens (tertiary/aromatic N) is 4. The zero-order chi connectivity index (χ0) is 60.0. The van der Waals surface area contributed by atoms with Crippen molar-refractivity contribution >= 4 is 100 Å². The fourth-order valence-corrected chi connectivity index (χ4v) is 17.8. The van der Waals surface area contributed by atoms with Gasteiger partial charge in [0.25, 0.3) is 6.71 Å². The Kier molecular flexibility index (Phi) is 12.7. The third kappa shape index (κ3) is 9.74. The molecule has 0 amide bonds. The van der Waals surface area contributed by atoms with Crippen LogP contribution in [0.2, 0.25) is 0 Å². The van der Waals surface area contributed by atoms with Gasteiger partial charge in [-0.15, -0.1) is 22.7 Å². The fourth-order valence-electron chi connectivity index (χ4n) is 15.8. The maximum absolute atomic E-state index is 5.63. The van der Waals surface area contributed by atoms with E-state index in [1.54, 1.807) is 5.56 Å². The normalized spacial score (nSPS) is 20.4. The van der Waals surface area contributed by atoms with Gasteiger partial charge in [0.05, 0.1) is 20.4 Å². The largest absolute Gasteiger partial charge is 0.311 e. The van der Waals surface area contributed by atoms with E-state index in [1.807, 2.05) is 22.7 Å². The van der Waals surface area contributed by atoms with Crippen LogP contribution < -0.4 is 26.2 Å². The van der Waals surface area contributed by atoms with Gasteiger partial charge in [-0.25, -0.2) is 9.97 Å². The molecule has 4 aliphatic carbocycles. The number of thiazole rings is 2. The lowest BCUT2D eigenvalue weighted by molar-refractivity contribution is -0.00514. The predicted molar refractivity (Wildman–Crippen MR) is 370 cm³/mol. The summed E-state index contributed by atoms with van der Waals surface area (Å²) in [6.07, 6.45) is 8.09. The SMILES string of the molecule is CC(C)(C)c1ccc(-c2nc3cc4c(cc3s2)N(c2cc(C(C)(C)C)cc(C(C)(C)C)c2)c2cc(C35CC6CC(CC(C6)C3)C5)cc3c2B4c2cc4nc(-c5ccc(C(C)(C)C)cc5)sc4cc2N3c2cc(C(C)(C)C)cc(C(C)(C)C)c2)cc1. The summed E-state index contributed by atoms with van der Waals surface area (Å²) >= 11 is 3.67. The lowest BCUT2D eigenvalue weighted by Gasteiger charge is -2.57. The van der Waals surface area contributed by atoms with Gasteiger partial charge < -0.3 is 9.80 Å². The molecule has 4 saturated carbocycles. The standard InChI is InChI=1S/C78H89BN4S2/c1-72(2,3)50-23-19-48(20-24-50)70-80-61-38-59-63(40-67(61)84-70)82(57-32-52(74(7,8)9)30-53(33-57)75(10,11)12)65-36-56(78-42-45-27-46(43-78)29-47(28-45)44-78)37-66-69(65)79(59)60-39-62-68(85-71(81-62)49-21-25-51(26-22-49)73(4,5)6)41-64(60)83(66)58-34-54(76(13,14)15)31-55(35-58)77(16,17)18/h19-26,30-41,45-47H,27-29,42-44H2,1-18H3. The average Bonchev–Trinajstić information content (AvgIpc) is 1.26. The Labute approximate surface area is 517 Å². The Bertz CT molecular complexity index is 3820. The van der Waals surface area contributed by atoms with Crippen LogP contribution in [0.5, 0.6) is 0 Å². The zero-order valence-corrected chi connectivity index (χ0v) is 55.8. The van der Waals surface area contributed by atoms with Crippen LogP contribution >= 0.6 is 22.7 Å². The second-order valence-corrected chi connectivity index (χ2v) is 35.3. The summed E-state index contributed by atoms with van der Waals surface area (Å²) in [7, 11) is 0. The van der Waals surface area contributed by atoms with E-state index >= 15 is 0 Å². The van der Waals surface area contributed by atoms with Gasteiger partial charge in [-0.05, 0) is 210 Å². The van der Waals surface area contributed by atoms with Crippen LogP contribution in [-0.2, 0) is 37.9 Å². The summed E-state index contributed by atoms with van der Waals surface area (Å²) in [5.74, 6) is 2.40. The highest BCUT2D eigenvalue weighted by molar-refractivity contribution is 7.22. The molecule has 0 unspecified atom stereocenters. The third-order valence-corrected chi connectivity index (χ3v) is 22.7. The van der Waals surface area contributed by atoms with Gasteiger partial charge in [0.2, 0.25) is 0 Å². The van der Waals surface area contributed by atoms with Gasteiger partial charge >= 0.3 is 0 Å². The minimum atomic E-state index is -0.102.